The highest BCUT2D eigenvalue weighted by Gasteiger charge is 2.28. The molecule has 0 heterocycles. The number of rotatable bonds is 12. The maximum Gasteiger partial charge on any atom is 0.242 e. The molecule has 0 radical (unpaired) electrons. The molecule has 10 heteroatoms. The van der Waals surface area contributed by atoms with Crippen LogP contribution < -0.4 is 14.4 Å². The van der Waals surface area contributed by atoms with Gasteiger partial charge in [-0.15, -0.1) is 0 Å². The number of amides is 2. The van der Waals surface area contributed by atoms with Gasteiger partial charge in [0.15, 0.2) is 0 Å². The van der Waals surface area contributed by atoms with Crippen molar-refractivity contribution in [3.63, 3.8) is 0 Å². The van der Waals surface area contributed by atoms with E-state index in [0.717, 1.165) is 11.8 Å². The van der Waals surface area contributed by atoms with Crippen LogP contribution in [0.4, 0.5) is 5.69 Å². The highest BCUT2D eigenvalue weighted by atomic mass is 35.5. The Kier molecular flexibility index (Phi) is 10.2. The van der Waals surface area contributed by atoms with Crippen molar-refractivity contribution in [2.45, 2.75) is 38.8 Å². The highest BCUT2D eigenvalue weighted by Crippen LogP contribution is 2.22. The number of hydrogen-bond acceptors (Lipinski definition) is 5. The molecule has 0 unspecified atom stereocenters. The van der Waals surface area contributed by atoms with E-state index in [1.54, 1.807) is 36.3 Å². The number of sulfonamides is 1. The summed E-state index contributed by atoms with van der Waals surface area (Å²) in [4.78, 5) is 27.3. The Morgan fingerprint density at radius 2 is 1.82 bits per heavy atom. The number of nitrogens with one attached hydrogen (secondary N) is 1. The fourth-order valence-electron chi connectivity index (χ4n) is 3.66. The van der Waals surface area contributed by atoms with Crippen LogP contribution in [0.2, 0.25) is 5.02 Å². The van der Waals surface area contributed by atoms with Crippen LogP contribution in [-0.4, -0.2) is 58.1 Å². The zero-order valence-electron chi connectivity index (χ0n) is 20.0. The average Bonchev–Trinajstić information content (AvgIpc) is 2.81. The Morgan fingerprint density at radius 1 is 1.15 bits per heavy atom. The summed E-state index contributed by atoms with van der Waals surface area (Å²) in [6.45, 7) is 2.20. The first-order chi connectivity index (χ1) is 16.1. The van der Waals surface area contributed by atoms with E-state index in [2.05, 4.69) is 5.32 Å². The number of nitrogens with zero attached hydrogens (tertiary/aromatic N) is 2. The SMILES string of the molecule is CC[C@H](C(=O)NC)N(Cc1cccc(OC)c1)C(=O)CCCN(c1ccc(Cl)cc1)S(C)(=O)=O. The zero-order valence-corrected chi connectivity index (χ0v) is 21.5. The largest absolute Gasteiger partial charge is 0.497 e. The van der Waals surface area contributed by atoms with E-state index < -0.39 is 16.1 Å². The van der Waals surface area contributed by atoms with Gasteiger partial charge in [0, 0.05) is 31.6 Å². The number of carbonyl (C=O) groups excluding carboxylic acids is 2. The van der Waals surface area contributed by atoms with Crippen LogP contribution in [0.5, 0.6) is 5.75 Å². The lowest BCUT2D eigenvalue weighted by molar-refractivity contribution is -0.141. The van der Waals surface area contributed by atoms with Gasteiger partial charge in [0.25, 0.3) is 0 Å². The number of methoxy groups -OCH3 is 1. The van der Waals surface area contributed by atoms with Crippen LogP contribution in [-0.2, 0) is 26.2 Å². The van der Waals surface area contributed by atoms with Gasteiger partial charge >= 0.3 is 0 Å². The molecule has 34 heavy (non-hydrogen) atoms. The Bertz CT molecular complexity index is 1080. The Morgan fingerprint density at radius 3 is 2.38 bits per heavy atom. The first kappa shape index (κ1) is 27.5. The van der Waals surface area contributed by atoms with Gasteiger partial charge in [-0.1, -0.05) is 30.7 Å². The molecule has 2 amide bonds. The van der Waals surface area contributed by atoms with E-state index in [1.165, 1.54) is 11.4 Å². The second-order valence-electron chi connectivity index (χ2n) is 7.83. The minimum Gasteiger partial charge on any atom is -0.497 e. The maximum atomic E-state index is 13.3. The van der Waals surface area contributed by atoms with E-state index in [-0.39, 0.29) is 37.7 Å². The molecular formula is C24H32ClN3O5S. The molecular weight excluding hydrogens is 478 g/mol. The first-order valence-electron chi connectivity index (χ1n) is 11.0. The molecule has 0 saturated heterocycles. The van der Waals surface area contributed by atoms with Gasteiger partial charge in [-0.25, -0.2) is 8.42 Å². The van der Waals surface area contributed by atoms with Crippen LogP contribution in [0.1, 0.15) is 31.7 Å². The van der Waals surface area contributed by atoms with Gasteiger partial charge in [0.1, 0.15) is 11.8 Å². The second-order valence-corrected chi connectivity index (χ2v) is 10.2. The second kappa shape index (κ2) is 12.6. The van der Waals surface area contributed by atoms with Crippen molar-refractivity contribution in [1.82, 2.24) is 10.2 Å². The molecule has 2 rings (SSSR count). The van der Waals surface area contributed by atoms with Crippen LogP contribution in [0.3, 0.4) is 0 Å². The van der Waals surface area contributed by atoms with E-state index in [1.807, 2.05) is 31.2 Å². The number of anilines is 1. The summed E-state index contributed by atoms with van der Waals surface area (Å²) in [5.41, 5.74) is 1.30. The van der Waals surface area contributed by atoms with Gasteiger partial charge in [-0.3, -0.25) is 13.9 Å². The molecule has 0 bridgehead atoms. The third-order valence-electron chi connectivity index (χ3n) is 5.39. The molecule has 0 spiro atoms. The van der Waals surface area contributed by atoms with E-state index in [0.29, 0.717) is 22.9 Å². The Labute approximate surface area is 206 Å². The first-order valence-corrected chi connectivity index (χ1v) is 13.2. The summed E-state index contributed by atoms with van der Waals surface area (Å²) < 4.78 is 31.2. The van der Waals surface area contributed by atoms with Crippen molar-refractivity contribution in [3.05, 3.63) is 59.1 Å². The maximum absolute atomic E-state index is 13.3. The normalized spacial score (nSPS) is 12.0. The van der Waals surface area contributed by atoms with Crippen LogP contribution in [0, 0.1) is 0 Å². The number of likely N-dealkylation sites (N-methyl/N-ethyl adjacent to an activating group) is 1. The third-order valence-corrected chi connectivity index (χ3v) is 6.83. The van der Waals surface area contributed by atoms with Gasteiger partial charge in [-0.05, 0) is 54.8 Å². The monoisotopic (exact) mass is 509 g/mol. The molecule has 0 aliphatic heterocycles. The molecule has 186 valence electrons. The standard InChI is InChI=1S/C24H32ClN3O5S/c1-5-22(24(30)26-2)27(17-18-8-6-9-21(16-18)33-3)23(29)10-7-15-28(34(4,31)32)20-13-11-19(25)12-14-20/h6,8-9,11-14,16,22H,5,7,10,15,17H2,1-4H3,(H,26,30)/t22-/m1/s1. The summed E-state index contributed by atoms with van der Waals surface area (Å²) in [6, 6.07) is 13.2. The molecule has 0 saturated carbocycles. The van der Waals surface area contributed by atoms with Gasteiger partial charge in [-0.2, -0.15) is 0 Å². The van der Waals surface area contributed by atoms with Crippen molar-refractivity contribution in [2.75, 3.05) is 31.3 Å². The zero-order chi connectivity index (χ0) is 25.3. The summed E-state index contributed by atoms with van der Waals surface area (Å²) >= 11 is 5.92. The van der Waals surface area contributed by atoms with Crippen molar-refractivity contribution in [2.24, 2.45) is 0 Å². The minimum atomic E-state index is -3.56. The average molecular weight is 510 g/mol. The summed E-state index contributed by atoms with van der Waals surface area (Å²) in [5, 5.41) is 3.12. The number of carbonyl (C=O) groups is 2. The van der Waals surface area contributed by atoms with Gasteiger partial charge < -0.3 is 15.0 Å². The summed E-state index contributed by atoms with van der Waals surface area (Å²) in [6.07, 6.45) is 1.93. The predicted octanol–water partition coefficient (Wildman–Crippen LogP) is 3.45. The quantitative estimate of drug-likeness (QED) is 0.472. The van der Waals surface area contributed by atoms with Crippen molar-refractivity contribution < 1.29 is 22.7 Å². The van der Waals surface area contributed by atoms with Gasteiger partial charge in [0.05, 0.1) is 19.1 Å². The lowest BCUT2D eigenvalue weighted by atomic mass is 10.1. The van der Waals surface area contributed by atoms with Gasteiger partial charge in [0.2, 0.25) is 21.8 Å². The number of hydrogen-bond donors (Lipinski definition) is 1. The molecule has 0 aromatic heterocycles. The van der Waals surface area contributed by atoms with Crippen LogP contribution in [0.15, 0.2) is 48.5 Å². The molecule has 0 fully saturated rings. The Balaban J connectivity index is 2.19. The van der Waals surface area contributed by atoms with Crippen molar-refractivity contribution in [3.8, 4) is 5.75 Å². The molecule has 2 aromatic carbocycles. The van der Waals surface area contributed by atoms with E-state index in [9.17, 15) is 18.0 Å². The molecule has 2 aromatic rings. The fourth-order valence-corrected chi connectivity index (χ4v) is 4.76. The minimum absolute atomic E-state index is 0.0804. The molecule has 1 atom stereocenters. The smallest absolute Gasteiger partial charge is 0.242 e. The van der Waals surface area contributed by atoms with E-state index >= 15 is 0 Å². The van der Waals surface area contributed by atoms with Crippen molar-refractivity contribution in [1.29, 1.82) is 0 Å². The molecule has 0 aliphatic carbocycles. The highest BCUT2D eigenvalue weighted by molar-refractivity contribution is 7.92. The van der Waals surface area contributed by atoms with E-state index in [4.69, 9.17) is 16.3 Å². The number of halogens is 1. The fraction of sp³-hybridized carbons (Fsp3) is 0.417. The molecule has 1 N–H and O–H groups in total. The summed E-state index contributed by atoms with van der Waals surface area (Å²) in [5.74, 6) is 0.171. The lowest BCUT2D eigenvalue weighted by Gasteiger charge is -2.31. The topological polar surface area (TPSA) is 96.0 Å². The number of benzene rings is 2. The molecule has 8 nitrogen and oxygen atoms in total. The summed E-state index contributed by atoms with van der Waals surface area (Å²) in [7, 11) is -0.454. The molecule has 0 aliphatic rings. The predicted molar refractivity (Wildman–Crippen MR) is 135 cm³/mol. The Hall–Kier alpha value is -2.78. The van der Waals surface area contributed by atoms with Crippen molar-refractivity contribution >= 4 is 39.1 Å². The lowest BCUT2D eigenvalue weighted by Crippen LogP contribution is -2.48. The van der Waals surface area contributed by atoms with Crippen LogP contribution in [0.25, 0.3) is 0 Å². The van der Waals surface area contributed by atoms with Crippen LogP contribution >= 0.6 is 11.6 Å². The number of ether oxygens (including phenoxy) is 1. The third kappa shape index (κ3) is 7.63.